The fraction of sp³-hybridized carbons (Fsp3) is 0.190. The van der Waals surface area contributed by atoms with Gasteiger partial charge >= 0.3 is 0 Å². The maximum Gasteiger partial charge on any atom is 0.243 e. The minimum absolute atomic E-state index is 0.0914. The molecule has 27 heavy (non-hydrogen) atoms. The topological polar surface area (TPSA) is 69.0 Å². The van der Waals surface area contributed by atoms with Gasteiger partial charge in [-0.2, -0.15) is 5.26 Å². The van der Waals surface area contributed by atoms with E-state index in [0.717, 1.165) is 27.7 Å². The Bertz CT molecular complexity index is 1050. The van der Waals surface area contributed by atoms with Gasteiger partial charge in [-0.25, -0.2) is 0 Å². The van der Waals surface area contributed by atoms with E-state index in [2.05, 4.69) is 16.4 Å². The summed E-state index contributed by atoms with van der Waals surface area (Å²) in [7, 11) is 1.78. The quantitative estimate of drug-likeness (QED) is 0.728. The minimum atomic E-state index is -0.161. The van der Waals surface area contributed by atoms with Gasteiger partial charge in [0.2, 0.25) is 5.91 Å². The molecule has 0 saturated heterocycles. The SMILES string of the molecule is Cc1cccc(C)c1NC(=O)CN(C)c1c(C#N)cnc2ccc(Cl)cc12. The van der Waals surface area contributed by atoms with Crippen LogP contribution in [-0.2, 0) is 4.79 Å². The minimum Gasteiger partial charge on any atom is -0.364 e. The van der Waals surface area contributed by atoms with Crippen LogP contribution in [0.1, 0.15) is 16.7 Å². The molecule has 3 rings (SSSR count). The van der Waals surface area contributed by atoms with Gasteiger partial charge in [-0.3, -0.25) is 9.78 Å². The number of halogens is 1. The summed E-state index contributed by atoms with van der Waals surface area (Å²) < 4.78 is 0. The second-order valence-corrected chi connectivity index (χ2v) is 6.90. The first-order valence-corrected chi connectivity index (χ1v) is 8.84. The van der Waals surface area contributed by atoms with Gasteiger partial charge in [0.05, 0.1) is 23.3 Å². The van der Waals surface area contributed by atoms with Crippen molar-refractivity contribution < 1.29 is 4.79 Å². The zero-order valence-electron chi connectivity index (χ0n) is 15.4. The maximum absolute atomic E-state index is 12.6. The molecule has 0 atom stereocenters. The standard InChI is InChI=1S/C21H19ClN4O/c1-13-5-4-6-14(2)20(13)25-19(27)12-26(3)21-15(10-23)11-24-18-8-7-16(22)9-17(18)21/h4-9,11H,12H2,1-3H3,(H,25,27). The summed E-state index contributed by atoms with van der Waals surface area (Å²) in [5, 5.41) is 13.7. The smallest absolute Gasteiger partial charge is 0.243 e. The van der Waals surface area contributed by atoms with Crippen molar-refractivity contribution in [3.05, 3.63) is 64.3 Å². The molecule has 0 aliphatic heterocycles. The van der Waals surface area contributed by atoms with Crippen LogP contribution < -0.4 is 10.2 Å². The van der Waals surface area contributed by atoms with Crippen LogP contribution in [0.3, 0.4) is 0 Å². The molecule has 1 heterocycles. The van der Waals surface area contributed by atoms with Gasteiger partial charge < -0.3 is 10.2 Å². The molecule has 5 nitrogen and oxygen atoms in total. The van der Waals surface area contributed by atoms with Crippen LogP contribution >= 0.6 is 11.6 Å². The largest absolute Gasteiger partial charge is 0.364 e. The van der Waals surface area contributed by atoms with Crippen molar-refractivity contribution in [1.29, 1.82) is 5.26 Å². The molecule has 1 aromatic heterocycles. The second kappa shape index (κ2) is 7.65. The fourth-order valence-electron chi connectivity index (χ4n) is 3.13. The summed E-state index contributed by atoms with van der Waals surface area (Å²) in [5.41, 5.74) is 4.58. The number of pyridine rings is 1. The number of likely N-dealkylation sites (N-methyl/N-ethyl adjacent to an activating group) is 1. The third-order valence-corrected chi connectivity index (χ3v) is 4.67. The van der Waals surface area contributed by atoms with Crippen molar-refractivity contribution in [2.45, 2.75) is 13.8 Å². The van der Waals surface area contributed by atoms with Gasteiger partial charge in [-0.1, -0.05) is 29.8 Å². The lowest BCUT2D eigenvalue weighted by Crippen LogP contribution is -2.31. The van der Waals surface area contributed by atoms with Gasteiger partial charge in [0.25, 0.3) is 0 Å². The molecular weight excluding hydrogens is 360 g/mol. The molecule has 0 fully saturated rings. The molecule has 0 spiro atoms. The number of rotatable bonds is 4. The number of aromatic nitrogens is 1. The van der Waals surface area contributed by atoms with Crippen molar-refractivity contribution in [2.75, 3.05) is 23.8 Å². The maximum atomic E-state index is 12.6. The van der Waals surface area contributed by atoms with Crippen LogP contribution in [0.25, 0.3) is 10.9 Å². The van der Waals surface area contributed by atoms with Crippen molar-refractivity contribution in [2.24, 2.45) is 0 Å². The van der Waals surface area contributed by atoms with Crippen LogP contribution in [-0.4, -0.2) is 24.5 Å². The van der Waals surface area contributed by atoms with Crippen LogP contribution in [0.5, 0.6) is 0 Å². The van der Waals surface area contributed by atoms with Crippen LogP contribution in [0.4, 0.5) is 11.4 Å². The summed E-state index contributed by atoms with van der Waals surface area (Å²) in [6.45, 7) is 4.01. The number of nitriles is 1. The molecule has 6 heteroatoms. The number of nitrogens with zero attached hydrogens (tertiary/aromatic N) is 3. The van der Waals surface area contributed by atoms with E-state index >= 15 is 0 Å². The Balaban J connectivity index is 1.92. The molecule has 2 aromatic carbocycles. The Morgan fingerprint density at radius 2 is 1.96 bits per heavy atom. The Morgan fingerprint density at radius 1 is 1.26 bits per heavy atom. The van der Waals surface area contributed by atoms with Crippen LogP contribution in [0.15, 0.2) is 42.6 Å². The molecule has 0 unspecified atom stereocenters. The second-order valence-electron chi connectivity index (χ2n) is 6.46. The Kier molecular flexibility index (Phi) is 5.29. The number of anilines is 2. The van der Waals surface area contributed by atoms with E-state index in [4.69, 9.17) is 11.6 Å². The third-order valence-electron chi connectivity index (χ3n) is 4.43. The highest BCUT2D eigenvalue weighted by atomic mass is 35.5. The number of carbonyl (C=O) groups excluding carboxylic acids is 1. The van der Waals surface area contributed by atoms with E-state index in [-0.39, 0.29) is 12.5 Å². The summed E-state index contributed by atoms with van der Waals surface area (Å²) in [5.74, 6) is -0.161. The lowest BCUT2D eigenvalue weighted by Gasteiger charge is -2.22. The van der Waals surface area contributed by atoms with Crippen molar-refractivity contribution >= 4 is 39.8 Å². The Labute approximate surface area is 163 Å². The summed E-state index contributed by atoms with van der Waals surface area (Å²) >= 11 is 6.13. The van der Waals surface area contributed by atoms with E-state index < -0.39 is 0 Å². The molecule has 0 saturated carbocycles. The zero-order valence-corrected chi connectivity index (χ0v) is 16.1. The summed E-state index contributed by atoms with van der Waals surface area (Å²) in [4.78, 5) is 18.7. The predicted octanol–water partition coefficient (Wildman–Crippen LogP) is 4.45. The first kappa shape index (κ1) is 18.7. The lowest BCUT2D eigenvalue weighted by atomic mass is 10.1. The molecule has 1 amide bonds. The molecule has 0 aliphatic rings. The molecular formula is C21H19ClN4O. The van der Waals surface area contributed by atoms with E-state index in [1.54, 1.807) is 30.1 Å². The molecule has 0 radical (unpaired) electrons. The van der Waals surface area contributed by atoms with Gasteiger partial charge in [0.1, 0.15) is 6.07 Å². The number of hydrogen-bond donors (Lipinski definition) is 1. The molecule has 1 N–H and O–H groups in total. The third kappa shape index (κ3) is 3.86. The Hall–Kier alpha value is -3.10. The monoisotopic (exact) mass is 378 g/mol. The molecule has 0 bridgehead atoms. The highest BCUT2D eigenvalue weighted by molar-refractivity contribution is 6.31. The number of aryl methyl sites for hydroxylation is 2. The number of benzene rings is 2. The fourth-order valence-corrected chi connectivity index (χ4v) is 3.30. The van der Waals surface area contributed by atoms with Gasteiger partial charge in [-0.05, 0) is 43.2 Å². The number of fused-ring (bicyclic) bond motifs is 1. The number of hydrogen-bond acceptors (Lipinski definition) is 4. The van der Waals surface area contributed by atoms with Gasteiger partial charge in [0.15, 0.2) is 0 Å². The highest BCUT2D eigenvalue weighted by Crippen LogP contribution is 2.30. The predicted molar refractivity (Wildman–Crippen MR) is 109 cm³/mol. The summed E-state index contributed by atoms with van der Waals surface area (Å²) in [6, 6.07) is 13.3. The number of amides is 1. The van der Waals surface area contributed by atoms with Crippen molar-refractivity contribution in [3.8, 4) is 6.07 Å². The first-order valence-electron chi connectivity index (χ1n) is 8.46. The van der Waals surface area contributed by atoms with E-state index in [9.17, 15) is 10.1 Å². The molecule has 136 valence electrons. The van der Waals surface area contributed by atoms with Crippen molar-refractivity contribution in [3.63, 3.8) is 0 Å². The molecule has 3 aromatic rings. The average molecular weight is 379 g/mol. The molecule has 0 aliphatic carbocycles. The zero-order chi connectivity index (χ0) is 19.6. The highest BCUT2D eigenvalue weighted by Gasteiger charge is 2.17. The average Bonchev–Trinajstić information content (AvgIpc) is 2.63. The van der Waals surface area contributed by atoms with Crippen LogP contribution in [0.2, 0.25) is 5.02 Å². The van der Waals surface area contributed by atoms with Gasteiger partial charge in [-0.15, -0.1) is 0 Å². The number of nitrogens with one attached hydrogen (secondary N) is 1. The van der Waals surface area contributed by atoms with Crippen molar-refractivity contribution in [1.82, 2.24) is 4.98 Å². The van der Waals surface area contributed by atoms with Gasteiger partial charge in [0, 0.05) is 29.3 Å². The van der Waals surface area contributed by atoms with E-state index in [0.29, 0.717) is 16.3 Å². The first-order chi connectivity index (χ1) is 12.9. The lowest BCUT2D eigenvalue weighted by molar-refractivity contribution is -0.114. The normalized spacial score (nSPS) is 10.5. The summed E-state index contributed by atoms with van der Waals surface area (Å²) in [6.07, 6.45) is 1.52. The van der Waals surface area contributed by atoms with Crippen LogP contribution in [0, 0.1) is 25.2 Å². The Morgan fingerprint density at radius 3 is 2.63 bits per heavy atom. The van der Waals surface area contributed by atoms with E-state index in [1.807, 2.05) is 32.0 Å². The van der Waals surface area contributed by atoms with E-state index in [1.165, 1.54) is 6.20 Å². The number of para-hydroxylation sites is 1. The number of carbonyl (C=O) groups is 1.